The van der Waals surface area contributed by atoms with E-state index in [1.807, 2.05) is 7.05 Å². The molecule has 1 aromatic carbocycles. The van der Waals surface area contributed by atoms with Gasteiger partial charge in [-0.05, 0) is 25.2 Å². The second kappa shape index (κ2) is 5.85. The van der Waals surface area contributed by atoms with Crippen molar-refractivity contribution < 1.29 is 12.8 Å². The number of hydrogen-bond acceptors (Lipinski definition) is 5. The van der Waals surface area contributed by atoms with Crippen LogP contribution < -0.4 is 4.83 Å². The van der Waals surface area contributed by atoms with E-state index in [4.69, 9.17) is 5.26 Å². The van der Waals surface area contributed by atoms with Gasteiger partial charge in [-0.15, -0.1) is 4.83 Å². The maximum Gasteiger partial charge on any atom is 0.253 e. The molecular formula is C12H15FN4O2S. The third kappa shape index (κ3) is 3.32. The molecule has 1 fully saturated rings. The number of rotatable bonds is 3. The molecule has 108 valence electrons. The highest BCUT2D eigenvalue weighted by Gasteiger charge is 2.22. The molecule has 0 radical (unpaired) electrons. The summed E-state index contributed by atoms with van der Waals surface area (Å²) < 4.78 is 37.5. The van der Waals surface area contributed by atoms with Crippen LogP contribution in [0.25, 0.3) is 0 Å². The molecule has 0 saturated carbocycles. The lowest BCUT2D eigenvalue weighted by molar-refractivity contribution is 0.135. The first-order chi connectivity index (χ1) is 9.42. The highest BCUT2D eigenvalue weighted by atomic mass is 32.2. The van der Waals surface area contributed by atoms with Crippen molar-refractivity contribution in [2.75, 3.05) is 33.2 Å². The van der Waals surface area contributed by atoms with Crippen molar-refractivity contribution in [3.8, 4) is 6.07 Å². The molecule has 1 N–H and O–H groups in total. The monoisotopic (exact) mass is 298 g/mol. The number of hydrazine groups is 1. The number of nitriles is 1. The van der Waals surface area contributed by atoms with Gasteiger partial charge < -0.3 is 4.90 Å². The Morgan fingerprint density at radius 1 is 1.30 bits per heavy atom. The minimum atomic E-state index is -3.79. The van der Waals surface area contributed by atoms with Crippen LogP contribution in [-0.2, 0) is 10.0 Å². The fourth-order valence-electron chi connectivity index (χ4n) is 1.88. The van der Waals surface area contributed by atoms with Crippen molar-refractivity contribution in [1.29, 1.82) is 5.26 Å². The van der Waals surface area contributed by atoms with Gasteiger partial charge in [0.2, 0.25) is 0 Å². The summed E-state index contributed by atoms with van der Waals surface area (Å²) in [6.45, 7) is 2.66. The van der Waals surface area contributed by atoms with Gasteiger partial charge in [0.25, 0.3) is 10.0 Å². The summed E-state index contributed by atoms with van der Waals surface area (Å²) in [6, 6.07) is 4.80. The third-order valence-corrected chi connectivity index (χ3v) is 4.49. The van der Waals surface area contributed by atoms with E-state index in [2.05, 4.69) is 9.73 Å². The second-order valence-electron chi connectivity index (χ2n) is 4.64. The summed E-state index contributed by atoms with van der Waals surface area (Å²) in [5, 5.41) is 10.3. The van der Waals surface area contributed by atoms with Gasteiger partial charge in [0.05, 0.1) is 10.5 Å². The number of nitrogens with zero attached hydrogens (tertiary/aromatic N) is 3. The minimum Gasteiger partial charge on any atom is -0.304 e. The van der Waals surface area contributed by atoms with E-state index >= 15 is 0 Å². The maximum absolute atomic E-state index is 13.2. The quantitative estimate of drug-likeness (QED) is 0.859. The van der Waals surface area contributed by atoms with Gasteiger partial charge in [-0.25, -0.2) is 17.8 Å². The Labute approximate surface area is 117 Å². The maximum atomic E-state index is 13.2. The first kappa shape index (κ1) is 14.9. The molecule has 1 aliphatic rings. The lowest BCUT2D eigenvalue weighted by Gasteiger charge is -2.32. The summed E-state index contributed by atoms with van der Waals surface area (Å²) in [4.78, 5) is 4.43. The minimum absolute atomic E-state index is 0.116. The molecule has 0 unspecified atom stereocenters. The van der Waals surface area contributed by atoms with Crippen LogP contribution in [0.15, 0.2) is 23.1 Å². The first-order valence-corrected chi connectivity index (χ1v) is 7.56. The molecule has 1 aromatic rings. The average Bonchev–Trinajstić information content (AvgIpc) is 2.41. The van der Waals surface area contributed by atoms with E-state index in [1.54, 1.807) is 11.1 Å². The van der Waals surface area contributed by atoms with E-state index < -0.39 is 15.8 Å². The molecule has 0 aromatic heterocycles. The molecule has 2 rings (SSSR count). The van der Waals surface area contributed by atoms with Gasteiger partial charge >= 0.3 is 0 Å². The molecule has 6 nitrogen and oxygen atoms in total. The van der Waals surface area contributed by atoms with E-state index in [0.717, 1.165) is 31.3 Å². The van der Waals surface area contributed by atoms with Crippen LogP contribution in [0, 0.1) is 17.1 Å². The van der Waals surface area contributed by atoms with Crippen LogP contribution in [0.3, 0.4) is 0 Å². The summed E-state index contributed by atoms with van der Waals surface area (Å²) in [5.41, 5.74) is -0.286. The largest absolute Gasteiger partial charge is 0.304 e. The zero-order chi connectivity index (χ0) is 14.8. The molecule has 8 heteroatoms. The van der Waals surface area contributed by atoms with Crippen molar-refractivity contribution in [3.05, 3.63) is 29.6 Å². The molecule has 0 aliphatic carbocycles. The number of piperazine rings is 1. The van der Waals surface area contributed by atoms with Crippen LogP contribution in [-0.4, -0.2) is 51.6 Å². The van der Waals surface area contributed by atoms with Gasteiger partial charge in [0.15, 0.2) is 0 Å². The molecule has 20 heavy (non-hydrogen) atoms. The van der Waals surface area contributed by atoms with E-state index in [0.29, 0.717) is 13.1 Å². The summed E-state index contributed by atoms with van der Waals surface area (Å²) in [5.74, 6) is -0.731. The molecule has 1 saturated heterocycles. The Hall–Kier alpha value is -1.53. The van der Waals surface area contributed by atoms with E-state index in [-0.39, 0.29) is 10.5 Å². The Bertz CT molecular complexity index is 633. The fourth-order valence-corrected chi connectivity index (χ4v) is 3.03. The Kier molecular flexibility index (Phi) is 4.35. The van der Waals surface area contributed by atoms with E-state index in [1.165, 1.54) is 0 Å². The average molecular weight is 298 g/mol. The van der Waals surface area contributed by atoms with Gasteiger partial charge in [-0.1, -0.05) is 0 Å². The van der Waals surface area contributed by atoms with Crippen LogP contribution in [0.4, 0.5) is 4.39 Å². The number of halogens is 1. The number of nitrogens with one attached hydrogen (secondary N) is 1. The van der Waals surface area contributed by atoms with Gasteiger partial charge in [-0.3, -0.25) is 0 Å². The summed E-state index contributed by atoms with van der Waals surface area (Å²) >= 11 is 0. The van der Waals surface area contributed by atoms with Crippen molar-refractivity contribution in [2.45, 2.75) is 4.90 Å². The Morgan fingerprint density at radius 2 is 1.95 bits per heavy atom. The highest BCUT2D eigenvalue weighted by molar-refractivity contribution is 7.89. The molecule has 1 heterocycles. The number of hydrogen-bond donors (Lipinski definition) is 1. The topological polar surface area (TPSA) is 76.4 Å². The van der Waals surface area contributed by atoms with Crippen LogP contribution in [0.1, 0.15) is 5.56 Å². The Balaban J connectivity index is 2.16. The van der Waals surface area contributed by atoms with Gasteiger partial charge in [-0.2, -0.15) is 5.26 Å². The number of benzene rings is 1. The Morgan fingerprint density at radius 3 is 2.55 bits per heavy atom. The molecule has 1 aliphatic heterocycles. The lowest BCUT2D eigenvalue weighted by atomic mass is 10.2. The number of sulfonamides is 1. The number of likely N-dealkylation sites (N-methyl/N-ethyl adjacent to an activating group) is 1. The van der Waals surface area contributed by atoms with Crippen LogP contribution in [0.2, 0.25) is 0 Å². The standard InChI is InChI=1S/C12H15FN4O2S/c1-16-4-6-17(7-5-16)15-20(18,19)11-2-3-12(13)10(8-11)9-14/h2-3,8,15H,4-7H2,1H3. The van der Waals surface area contributed by atoms with Gasteiger partial charge in [0, 0.05) is 26.2 Å². The molecule has 0 spiro atoms. The predicted octanol–water partition coefficient (Wildman–Crippen LogP) is 0.138. The van der Waals surface area contributed by atoms with Crippen molar-refractivity contribution in [3.63, 3.8) is 0 Å². The van der Waals surface area contributed by atoms with Crippen molar-refractivity contribution in [1.82, 2.24) is 14.7 Å². The van der Waals surface area contributed by atoms with Crippen molar-refractivity contribution >= 4 is 10.0 Å². The fraction of sp³-hybridized carbons (Fsp3) is 0.417. The van der Waals surface area contributed by atoms with Crippen molar-refractivity contribution in [2.24, 2.45) is 0 Å². The van der Waals surface area contributed by atoms with Crippen LogP contribution >= 0.6 is 0 Å². The predicted molar refractivity (Wildman–Crippen MR) is 70.5 cm³/mol. The van der Waals surface area contributed by atoms with Crippen LogP contribution in [0.5, 0.6) is 0 Å². The third-order valence-electron chi connectivity index (χ3n) is 3.12. The zero-order valence-corrected chi connectivity index (χ0v) is 11.8. The summed E-state index contributed by atoms with van der Waals surface area (Å²) in [6.07, 6.45) is 0. The van der Waals surface area contributed by atoms with E-state index in [9.17, 15) is 12.8 Å². The normalized spacial score (nSPS) is 17.9. The van der Waals surface area contributed by atoms with Gasteiger partial charge in [0.1, 0.15) is 11.9 Å². The molecule has 0 bridgehead atoms. The SMILES string of the molecule is CN1CCN(NS(=O)(=O)c2ccc(F)c(C#N)c2)CC1. The second-order valence-corrected chi connectivity index (χ2v) is 6.30. The lowest BCUT2D eigenvalue weighted by Crippen LogP contribution is -2.52. The highest BCUT2D eigenvalue weighted by Crippen LogP contribution is 2.15. The zero-order valence-electron chi connectivity index (χ0n) is 11.0. The smallest absolute Gasteiger partial charge is 0.253 e. The first-order valence-electron chi connectivity index (χ1n) is 6.08. The summed E-state index contributed by atoms with van der Waals surface area (Å²) in [7, 11) is -1.82. The molecule has 0 atom stereocenters. The molecule has 0 amide bonds. The molecular weight excluding hydrogens is 283 g/mol.